The second kappa shape index (κ2) is 3.14. The summed E-state index contributed by atoms with van der Waals surface area (Å²) in [4.78, 5) is 20.0. The minimum absolute atomic E-state index is 1.42. The van der Waals surface area contributed by atoms with Gasteiger partial charge in [-0.15, -0.1) is 0 Å². The third kappa shape index (κ3) is 2.00. The molecule has 0 bridgehead atoms. The van der Waals surface area contributed by atoms with Gasteiger partial charge in [0, 0.05) is 0 Å². The van der Waals surface area contributed by atoms with Gasteiger partial charge in [-0.25, -0.2) is 0 Å². The lowest BCUT2D eigenvalue weighted by atomic mass is 10.1. The van der Waals surface area contributed by atoms with Crippen LogP contribution in [0.15, 0.2) is 0 Å². The molecule has 0 rings (SSSR count). The first-order chi connectivity index (χ1) is 4.46. The number of hydrogen-bond acceptors (Lipinski definition) is 4. The smallest absolute Gasteiger partial charge is 0.322 e. The predicted molar refractivity (Wildman–Crippen MR) is 31.2 cm³/mol. The van der Waals surface area contributed by atoms with Crippen LogP contribution in [0.5, 0.6) is 0 Å². The number of carboxylic acids is 2. The summed E-state index contributed by atoms with van der Waals surface area (Å²) in [6.07, 6.45) is 0. The molecule has 6 heteroatoms. The lowest BCUT2D eigenvalue weighted by molar-refractivity contribution is -0.146. The van der Waals surface area contributed by atoms with Crippen LogP contribution in [0, 0.1) is 0 Å². The van der Waals surface area contributed by atoms with Crippen molar-refractivity contribution in [2.24, 2.45) is 11.5 Å². The zero-order valence-electron chi connectivity index (χ0n) is 5.02. The zero-order valence-corrected chi connectivity index (χ0v) is 5.02. The van der Waals surface area contributed by atoms with Gasteiger partial charge in [0.15, 0.2) is 0 Å². The second-order valence-corrected chi connectivity index (χ2v) is 1.73. The van der Waals surface area contributed by atoms with E-state index in [4.69, 9.17) is 21.7 Å². The minimum atomic E-state index is -1.54. The summed E-state index contributed by atoms with van der Waals surface area (Å²) in [5.41, 5.74) is 9.71. The van der Waals surface area contributed by atoms with Crippen LogP contribution in [0.3, 0.4) is 0 Å². The van der Waals surface area contributed by atoms with Gasteiger partial charge in [0.05, 0.1) is 0 Å². The molecule has 6 N–H and O–H groups in total. The quantitative estimate of drug-likeness (QED) is 0.360. The molecule has 0 aromatic rings. The average molecular weight is 148 g/mol. The van der Waals surface area contributed by atoms with E-state index in [-0.39, 0.29) is 0 Å². The van der Waals surface area contributed by atoms with Crippen molar-refractivity contribution in [3.63, 3.8) is 0 Å². The summed E-state index contributed by atoms with van der Waals surface area (Å²) in [6, 6.07) is -3.09. The van der Waals surface area contributed by atoms with Crippen molar-refractivity contribution in [2.75, 3.05) is 0 Å². The molecule has 58 valence electrons. The van der Waals surface area contributed by atoms with Crippen LogP contribution in [0.25, 0.3) is 0 Å². The van der Waals surface area contributed by atoms with E-state index in [1.54, 1.807) is 0 Å². The molecule has 0 aliphatic rings. The van der Waals surface area contributed by atoms with Crippen LogP contribution >= 0.6 is 0 Å². The fraction of sp³-hybridized carbons (Fsp3) is 0.500. The molecule has 0 aliphatic carbocycles. The van der Waals surface area contributed by atoms with Crippen LogP contribution in [0.2, 0.25) is 0 Å². The van der Waals surface area contributed by atoms with Crippen molar-refractivity contribution in [3.8, 4) is 0 Å². The van der Waals surface area contributed by atoms with Crippen molar-refractivity contribution < 1.29 is 19.8 Å². The molecule has 0 saturated carbocycles. The third-order valence-corrected chi connectivity index (χ3v) is 0.957. The summed E-state index contributed by atoms with van der Waals surface area (Å²) < 4.78 is 0. The zero-order chi connectivity index (χ0) is 8.31. The average Bonchev–Trinajstić information content (AvgIpc) is 1.84. The SMILES string of the molecule is N[C@H](C(=O)O)[C@@H](N)C(=O)O. The van der Waals surface area contributed by atoms with Gasteiger partial charge in [-0.1, -0.05) is 0 Å². The van der Waals surface area contributed by atoms with E-state index < -0.39 is 24.0 Å². The number of rotatable bonds is 3. The molecule has 0 radical (unpaired) electrons. The Morgan fingerprint density at radius 3 is 1.30 bits per heavy atom. The van der Waals surface area contributed by atoms with Crippen molar-refractivity contribution in [2.45, 2.75) is 12.1 Å². The van der Waals surface area contributed by atoms with Gasteiger partial charge >= 0.3 is 11.9 Å². The van der Waals surface area contributed by atoms with Crippen molar-refractivity contribution in [1.82, 2.24) is 0 Å². The normalized spacial score (nSPS) is 15.8. The Morgan fingerprint density at radius 2 is 1.20 bits per heavy atom. The standard InChI is InChI=1S/C4H8N2O4/c5-1(3(7)8)2(6)4(9)10/h1-2H,5-6H2,(H,7,8)(H,9,10)/t1-,2+. The van der Waals surface area contributed by atoms with Gasteiger partial charge in [0.1, 0.15) is 12.1 Å². The lowest BCUT2D eigenvalue weighted by Crippen LogP contribution is -2.51. The van der Waals surface area contributed by atoms with E-state index in [0.29, 0.717) is 0 Å². The summed E-state index contributed by atoms with van der Waals surface area (Å²) in [5.74, 6) is -2.84. The molecule has 6 nitrogen and oxygen atoms in total. The number of hydrogen-bond donors (Lipinski definition) is 4. The first kappa shape index (κ1) is 8.86. The van der Waals surface area contributed by atoms with E-state index in [9.17, 15) is 9.59 Å². The largest absolute Gasteiger partial charge is 0.480 e. The molecular formula is C4H8N2O4. The number of nitrogens with two attached hydrogens (primary N) is 2. The van der Waals surface area contributed by atoms with E-state index in [0.717, 1.165) is 0 Å². The Hall–Kier alpha value is -1.14. The van der Waals surface area contributed by atoms with Gasteiger partial charge in [-0.3, -0.25) is 9.59 Å². The lowest BCUT2D eigenvalue weighted by Gasteiger charge is -2.09. The van der Waals surface area contributed by atoms with Crippen molar-refractivity contribution >= 4 is 11.9 Å². The van der Waals surface area contributed by atoms with Crippen molar-refractivity contribution in [3.05, 3.63) is 0 Å². The Kier molecular flexibility index (Phi) is 2.78. The maximum absolute atomic E-state index is 9.98. The summed E-state index contributed by atoms with van der Waals surface area (Å²) in [6.45, 7) is 0. The fourth-order valence-electron chi connectivity index (χ4n) is 0.307. The molecule has 0 aromatic carbocycles. The molecule has 0 unspecified atom stereocenters. The third-order valence-electron chi connectivity index (χ3n) is 0.957. The monoisotopic (exact) mass is 148 g/mol. The second-order valence-electron chi connectivity index (χ2n) is 1.73. The minimum Gasteiger partial charge on any atom is -0.480 e. The van der Waals surface area contributed by atoms with E-state index in [1.165, 1.54) is 0 Å². The summed E-state index contributed by atoms with van der Waals surface area (Å²) in [7, 11) is 0. The van der Waals surface area contributed by atoms with E-state index >= 15 is 0 Å². The number of carbonyl (C=O) groups is 2. The molecule has 0 fully saturated rings. The Labute approximate surface area is 56.4 Å². The topological polar surface area (TPSA) is 127 Å². The van der Waals surface area contributed by atoms with Crippen LogP contribution < -0.4 is 11.5 Å². The molecule has 0 amide bonds. The van der Waals surface area contributed by atoms with Crippen LogP contribution in [-0.2, 0) is 9.59 Å². The molecule has 2 atom stereocenters. The van der Waals surface area contributed by atoms with Crippen LogP contribution in [-0.4, -0.2) is 34.2 Å². The molecule has 0 aromatic heterocycles. The Balaban J connectivity index is 4.07. The van der Waals surface area contributed by atoms with Gasteiger partial charge in [-0.05, 0) is 0 Å². The molecule has 0 heterocycles. The Bertz CT molecular complexity index is 139. The fourth-order valence-corrected chi connectivity index (χ4v) is 0.307. The van der Waals surface area contributed by atoms with Crippen LogP contribution in [0.1, 0.15) is 0 Å². The molecule has 0 aliphatic heterocycles. The number of aliphatic carboxylic acids is 2. The highest BCUT2D eigenvalue weighted by Gasteiger charge is 2.26. The van der Waals surface area contributed by atoms with Gasteiger partial charge in [0.25, 0.3) is 0 Å². The Morgan fingerprint density at radius 1 is 1.00 bits per heavy atom. The number of carboxylic acid groups (broad SMARTS) is 2. The van der Waals surface area contributed by atoms with Crippen LogP contribution in [0.4, 0.5) is 0 Å². The molecular weight excluding hydrogens is 140 g/mol. The van der Waals surface area contributed by atoms with Gasteiger partial charge in [-0.2, -0.15) is 0 Å². The predicted octanol–water partition coefficient (Wildman–Crippen LogP) is -2.19. The first-order valence-corrected chi connectivity index (χ1v) is 2.43. The molecule has 10 heavy (non-hydrogen) atoms. The highest BCUT2D eigenvalue weighted by molar-refractivity contribution is 5.84. The molecule has 0 spiro atoms. The van der Waals surface area contributed by atoms with E-state index in [2.05, 4.69) is 0 Å². The van der Waals surface area contributed by atoms with E-state index in [1.807, 2.05) is 0 Å². The summed E-state index contributed by atoms with van der Waals surface area (Å²) in [5, 5.41) is 16.3. The van der Waals surface area contributed by atoms with Crippen molar-refractivity contribution in [1.29, 1.82) is 0 Å². The highest BCUT2D eigenvalue weighted by atomic mass is 16.4. The van der Waals surface area contributed by atoms with Gasteiger partial charge in [0.2, 0.25) is 0 Å². The highest BCUT2D eigenvalue weighted by Crippen LogP contribution is 1.86. The van der Waals surface area contributed by atoms with Gasteiger partial charge < -0.3 is 21.7 Å². The maximum atomic E-state index is 9.98. The summed E-state index contributed by atoms with van der Waals surface area (Å²) >= 11 is 0. The first-order valence-electron chi connectivity index (χ1n) is 2.43. The maximum Gasteiger partial charge on any atom is 0.322 e. The molecule has 0 saturated heterocycles.